The maximum absolute atomic E-state index is 11.6. The summed E-state index contributed by atoms with van der Waals surface area (Å²) >= 11 is 1.47. The van der Waals surface area contributed by atoms with E-state index in [-0.39, 0.29) is 5.97 Å². The minimum atomic E-state index is -0.436. The van der Waals surface area contributed by atoms with E-state index in [0.717, 1.165) is 30.3 Å². The van der Waals surface area contributed by atoms with E-state index in [1.165, 1.54) is 11.8 Å². The third-order valence-electron chi connectivity index (χ3n) is 2.33. The summed E-state index contributed by atoms with van der Waals surface area (Å²) in [7, 11) is 0. The Morgan fingerprint density at radius 1 is 1.38 bits per heavy atom. The molecular weight excluding hydrogens is 286 g/mol. The summed E-state index contributed by atoms with van der Waals surface area (Å²) in [6.45, 7) is 10.5. The van der Waals surface area contributed by atoms with Crippen LogP contribution in [0.4, 0.5) is 5.82 Å². The third kappa shape index (κ3) is 7.90. The molecule has 0 unspecified atom stereocenters. The average Bonchev–Trinajstić information content (AvgIpc) is 2.33. The molecule has 0 fully saturated rings. The van der Waals surface area contributed by atoms with Crippen LogP contribution in [0.2, 0.25) is 0 Å². The number of aromatic nitrogens is 2. The highest BCUT2D eigenvalue weighted by Crippen LogP contribution is 2.14. The number of hydrogen-bond acceptors (Lipinski definition) is 6. The number of ether oxygens (including phenoxy) is 1. The molecule has 0 spiro atoms. The Morgan fingerprint density at radius 3 is 2.71 bits per heavy atom. The second-order valence-electron chi connectivity index (χ2n) is 5.82. The van der Waals surface area contributed by atoms with Gasteiger partial charge in [0.15, 0.2) is 0 Å². The summed E-state index contributed by atoms with van der Waals surface area (Å²) in [5.41, 5.74) is 0.491. The van der Waals surface area contributed by atoms with Crippen LogP contribution in [-0.4, -0.2) is 33.8 Å². The van der Waals surface area contributed by atoms with Crippen LogP contribution in [0.1, 0.15) is 45.6 Å². The molecule has 0 radical (unpaired) electrons. The number of rotatable bonds is 7. The van der Waals surface area contributed by atoms with E-state index in [4.69, 9.17) is 4.74 Å². The van der Waals surface area contributed by atoms with Crippen molar-refractivity contribution in [1.29, 1.82) is 0 Å². The van der Waals surface area contributed by atoms with Crippen molar-refractivity contribution >= 4 is 23.5 Å². The first kappa shape index (κ1) is 17.8. The van der Waals surface area contributed by atoms with Crippen LogP contribution in [0.5, 0.6) is 0 Å². The second-order valence-corrected chi connectivity index (χ2v) is 6.80. The van der Waals surface area contributed by atoms with Gasteiger partial charge < -0.3 is 10.1 Å². The van der Waals surface area contributed by atoms with Crippen LogP contribution in [-0.2, 0) is 15.3 Å². The fourth-order valence-corrected chi connectivity index (χ4v) is 2.27. The van der Waals surface area contributed by atoms with Gasteiger partial charge in [0.25, 0.3) is 0 Å². The van der Waals surface area contributed by atoms with Crippen LogP contribution < -0.4 is 5.32 Å². The molecule has 0 aliphatic carbocycles. The average molecular weight is 311 g/mol. The number of carbonyl (C=O) groups excluding carboxylic acids is 1. The van der Waals surface area contributed by atoms with Gasteiger partial charge in [-0.25, -0.2) is 9.97 Å². The number of esters is 1. The number of hydrogen-bond donors (Lipinski definition) is 1. The molecule has 1 aromatic rings. The highest BCUT2D eigenvalue weighted by atomic mass is 32.2. The zero-order chi connectivity index (χ0) is 15.9. The van der Waals surface area contributed by atoms with E-state index in [9.17, 15) is 4.79 Å². The van der Waals surface area contributed by atoms with Crippen molar-refractivity contribution in [2.45, 2.75) is 52.4 Å². The van der Waals surface area contributed by atoms with E-state index in [1.807, 2.05) is 33.8 Å². The summed E-state index contributed by atoms with van der Waals surface area (Å²) < 4.78 is 5.26. The van der Waals surface area contributed by atoms with E-state index >= 15 is 0 Å². The third-order valence-corrected chi connectivity index (χ3v) is 3.23. The van der Waals surface area contributed by atoms with Gasteiger partial charge in [-0.2, -0.15) is 0 Å². The molecule has 1 rings (SSSR count). The molecule has 1 N–H and O–H groups in total. The standard InChI is InChI=1S/C15H25N3O2S/c1-6-7-16-12-8-11(2)17-13(18-12)9-21-10-14(19)20-15(3,4)5/h8H,6-7,9-10H2,1-5H3,(H,16,17,18). The van der Waals surface area contributed by atoms with Gasteiger partial charge in [0.2, 0.25) is 0 Å². The van der Waals surface area contributed by atoms with Crippen molar-refractivity contribution in [2.24, 2.45) is 0 Å². The molecule has 5 nitrogen and oxygen atoms in total. The molecule has 0 bridgehead atoms. The Balaban J connectivity index is 2.48. The van der Waals surface area contributed by atoms with E-state index < -0.39 is 5.60 Å². The van der Waals surface area contributed by atoms with Crippen molar-refractivity contribution in [3.05, 3.63) is 17.6 Å². The molecule has 1 heterocycles. The SMILES string of the molecule is CCCNc1cc(C)nc(CSCC(=O)OC(C)(C)C)n1. The summed E-state index contributed by atoms with van der Waals surface area (Å²) in [4.78, 5) is 20.5. The van der Waals surface area contributed by atoms with Crippen LogP contribution in [0.25, 0.3) is 0 Å². The number of nitrogens with zero attached hydrogens (tertiary/aromatic N) is 2. The van der Waals surface area contributed by atoms with Gasteiger partial charge in [-0.1, -0.05) is 6.92 Å². The molecule has 0 aliphatic rings. The number of carbonyl (C=O) groups is 1. The highest BCUT2D eigenvalue weighted by Gasteiger charge is 2.16. The van der Waals surface area contributed by atoms with Gasteiger partial charge in [0, 0.05) is 18.3 Å². The first-order chi connectivity index (χ1) is 9.80. The molecule has 0 aliphatic heterocycles. The van der Waals surface area contributed by atoms with Gasteiger partial charge in [-0.3, -0.25) is 4.79 Å². The lowest BCUT2D eigenvalue weighted by Crippen LogP contribution is -2.25. The second kappa shape index (κ2) is 8.22. The smallest absolute Gasteiger partial charge is 0.316 e. The minimum Gasteiger partial charge on any atom is -0.459 e. The predicted octanol–water partition coefficient (Wildman–Crippen LogP) is 3.18. The Bertz CT molecular complexity index is 472. The first-order valence-electron chi connectivity index (χ1n) is 7.18. The number of aryl methyl sites for hydroxylation is 1. The van der Waals surface area contributed by atoms with Crippen molar-refractivity contribution < 1.29 is 9.53 Å². The van der Waals surface area contributed by atoms with Gasteiger partial charge in [-0.15, -0.1) is 11.8 Å². The number of nitrogens with one attached hydrogen (secondary N) is 1. The minimum absolute atomic E-state index is 0.204. The van der Waals surface area contributed by atoms with Crippen LogP contribution in [0.15, 0.2) is 6.07 Å². The van der Waals surface area contributed by atoms with Gasteiger partial charge >= 0.3 is 5.97 Å². The molecule has 1 aromatic heterocycles. The largest absolute Gasteiger partial charge is 0.459 e. The summed E-state index contributed by atoms with van der Waals surface area (Å²) in [6, 6.07) is 1.93. The van der Waals surface area contributed by atoms with E-state index in [1.54, 1.807) is 0 Å². The summed E-state index contributed by atoms with van der Waals surface area (Å²) in [5.74, 6) is 2.29. The van der Waals surface area contributed by atoms with Gasteiger partial charge in [0.1, 0.15) is 17.2 Å². The van der Waals surface area contributed by atoms with Crippen molar-refractivity contribution in [3.8, 4) is 0 Å². The van der Waals surface area contributed by atoms with E-state index in [0.29, 0.717) is 11.5 Å². The Morgan fingerprint density at radius 2 is 2.10 bits per heavy atom. The Labute approximate surface area is 131 Å². The van der Waals surface area contributed by atoms with Crippen molar-refractivity contribution in [3.63, 3.8) is 0 Å². The normalized spacial score (nSPS) is 11.3. The molecule has 118 valence electrons. The molecule has 0 aromatic carbocycles. The van der Waals surface area contributed by atoms with Gasteiger partial charge in [-0.05, 0) is 34.1 Å². The summed E-state index contributed by atoms with van der Waals surface area (Å²) in [6.07, 6.45) is 1.05. The van der Waals surface area contributed by atoms with Crippen LogP contribution in [0, 0.1) is 6.92 Å². The van der Waals surface area contributed by atoms with Crippen LogP contribution >= 0.6 is 11.8 Å². The molecule has 21 heavy (non-hydrogen) atoms. The lowest BCUT2D eigenvalue weighted by atomic mass is 10.2. The van der Waals surface area contributed by atoms with Crippen molar-refractivity contribution in [1.82, 2.24) is 9.97 Å². The Kier molecular flexibility index (Phi) is 6.95. The highest BCUT2D eigenvalue weighted by molar-refractivity contribution is 7.99. The molecule has 0 atom stereocenters. The van der Waals surface area contributed by atoms with Crippen molar-refractivity contribution in [2.75, 3.05) is 17.6 Å². The fourth-order valence-electron chi connectivity index (χ4n) is 1.63. The monoisotopic (exact) mass is 311 g/mol. The predicted molar refractivity (Wildman–Crippen MR) is 87.6 cm³/mol. The zero-order valence-corrected chi connectivity index (χ0v) is 14.3. The molecule has 0 amide bonds. The van der Waals surface area contributed by atoms with Gasteiger partial charge in [0.05, 0.1) is 11.5 Å². The molecular formula is C15H25N3O2S. The fraction of sp³-hybridized carbons (Fsp3) is 0.667. The molecule has 6 heteroatoms. The quantitative estimate of drug-likeness (QED) is 0.780. The maximum Gasteiger partial charge on any atom is 0.316 e. The maximum atomic E-state index is 11.6. The lowest BCUT2D eigenvalue weighted by molar-refractivity contribution is -0.151. The van der Waals surface area contributed by atoms with E-state index in [2.05, 4.69) is 22.2 Å². The zero-order valence-electron chi connectivity index (χ0n) is 13.5. The lowest BCUT2D eigenvalue weighted by Gasteiger charge is -2.19. The number of anilines is 1. The number of thioether (sulfide) groups is 1. The molecule has 0 saturated carbocycles. The first-order valence-corrected chi connectivity index (χ1v) is 8.33. The molecule has 0 saturated heterocycles. The summed E-state index contributed by atoms with van der Waals surface area (Å²) in [5, 5.41) is 3.25. The Hall–Kier alpha value is -1.30. The topological polar surface area (TPSA) is 64.1 Å². The van der Waals surface area contributed by atoms with Crippen LogP contribution in [0.3, 0.4) is 0 Å².